The first-order valence-corrected chi connectivity index (χ1v) is 5.54. The second-order valence-corrected chi connectivity index (χ2v) is 3.81. The summed E-state index contributed by atoms with van der Waals surface area (Å²) in [4.78, 5) is 11.6. The van der Waals surface area contributed by atoms with E-state index in [0.717, 1.165) is 25.0 Å². The Morgan fingerprint density at radius 1 is 1.33 bits per heavy atom. The first kappa shape index (κ1) is 16.8. The summed E-state index contributed by atoms with van der Waals surface area (Å²) < 4.78 is 26.2. The van der Waals surface area contributed by atoms with Crippen LogP contribution in [-0.2, 0) is 0 Å². The monoisotopic (exact) mass is 278 g/mol. The minimum Gasteiger partial charge on any atom is -0.394 e. The van der Waals surface area contributed by atoms with Crippen molar-refractivity contribution in [2.75, 3.05) is 18.8 Å². The standard InChI is InChI=1S/C12H16F2N2O.ClH/c1-2-3-4-16-7-11(17)8-5-9(13)12(15)10(14)6-8;/h5-6,16H,2-4,7,15H2,1H3;1H. The van der Waals surface area contributed by atoms with Gasteiger partial charge in [-0.3, -0.25) is 4.79 Å². The van der Waals surface area contributed by atoms with Crippen molar-refractivity contribution >= 4 is 23.9 Å². The molecule has 0 saturated heterocycles. The van der Waals surface area contributed by atoms with Gasteiger partial charge in [-0.25, -0.2) is 8.78 Å². The summed E-state index contributed by atoms with van der Waals surface area (Å²) in [5.74, 6) is -2.15. The maximum absolute atomic E-state index is 13.1. The molecule has 0 heterocycles. The van der Waals surface area contributed by atoms with Crippen LogP contribution in [0.1, 0.15) is 30.1 Å². The summed E-state index contributed by atoms with van der Waals surface area (Å²) in [5, 5.41) is 2.91. The molecule has 102 valence electrons. The molecule has 0 bridgehead atoms. The van der Waals surface area contributed by atoms with E-state index in [0.29, 0.717) is 6.54 Å². The van der Waals surface area contributed by atoms with Gasteiger partial charge in [0.1, 0.15) is 17.3 Å². The molecule has 6 heteroatoms. The number of carbonyl (C=O) groups excluding carboxylic acids is 1. The lowest BCUT2D eigenvalue weighted by Crippen LogP contribution is -2.24. The molecule has 0 aliphatic rings. The van der Waals surface area contributed by atoms with E-state index in [1.165, 1.54) is 0 Å². The third-order valence-electron chi connectivity index (χ3n) is 2.39. The van der Waals surface area contributed by atoms with E-state index in [9.17, 15) is 13.6 Å². The van der Waals surface area contributed by atoms with Gasteiger partial charge in [0.05, 0.1) is 6.54 Å². The van der Waals surface area contributed by atoms with Crippen molar-refractivity contribution in [3.05, 3.63) is 29.3 Å². The van der Waals surface area contributed by atoms with Crippen LogP contribution in [0.5, 0.6) is 0 Å². The molecule has 3 N–H and O–H groups in total. The predicted octanol–water partition coefficient (Wildman–Crippen LogP) is 2.54. The number of halogens is 3. The van der Waals surface area contributed by atoms with E-state index in [1.807, 2.05) is 6.92 Å². The highest BCUT2D eigenvalue weighted by Crippen LogP contribution is 2.17. The molecule has 0 fully saturated rings. The Hall–Kier alpha value is -1.20. The maximum Gasteiger partial charge on any atom is 0.176 e. The molecule has 18 heavy (non-hydrogen) atoms. The molecule has 0 radical (unpaired) electrons. The normalized spacial score (nSPS) is 9.94. The number of carbonyl (C=O) groups is 1. The number of nitrogens with two attached hydrogens (primary N) is 1. The summed E-state index contributed by atoms with van der Waals surface area (Å²) in [7, 11) is 0. The molecular formula is C12H17ClF2N2O. The highest BCUT2D eigenvalue weighted by Gasteiger charge is 2.12. The quantitative estimate of drug-likeness (QED) is 0.478. The second-order valence-electron chi connectivity index (χ2n) is 3.81. The topological polar surface area (TPSA) is 55.1 Å². The fourth-order valence-corrected chi connectivity index (χ4v) is 1.35. The Balaban J connectivity index is 0.00000289. The van der Waals surface area contributed by atoms with E-state index in [4.69, 9.17) is 5.73 Å². The maximum atomic E-state index is 13.1. The van der Waals surface area contributed by atoms with Crippen molar-refractivity contribution in [1.82, 2.24) is 5.32 Å². The fourth-order valence-electron chi connectivity index (χ4n) is 1.35. The van der Waals surface area contributed by atoms with E-state index in [2.05, 4.69) is 5.32 Å². The number of benzene rings is 1. The Morgan fingerprint density at radius 2 is 1.89 bits per heavy atom. The van der Waals surface area contributed by atoms with Crippen molar-refractivity contribution in [3.63, 3.8) is 0 Å². The number of hydrogen-bond donors (Lipinski definition) is 2. The van der Waals surface area contributed by atoms with Gasteiger partial charge < -0.3 is 11.1 Å². The Kier molecular flexibility index (Phi) is 7.47. The molecule has 1 aromatic rings. The van der Waals surface area contributed by atoms with Crippen molar-refractivity contribution in [1.29, 1.82) is 0 Å². The SMILES string of the molecule is CCCCNCC(=O)c1cc(F)c(N)c(F)c1.Cl. The van der Waals surface area contributed by atoms with Crippen molar-refractivity contribution < 1.29 is 13.6 Å². The van der Waals surface area contributed by atoms with Gasteiger partial charge in [-0.15, -0.1) is 12.4 Å². The van der Waals surface area contributed by atoms with Crippen LogP contribution in [0, 0.1) is 11.6 Å². The Morgan fingerprint density at radius 3 is 2.39 bits per heavy atom. The minimum absolute atomic E-state index is 0. The summed E-state index contributed by atoms with van der Waals surface area (Å²) in [6.45, 7) is 2.82. The van der Waals surface area contributed by atoms with Crippen molar-refractivity contribution in [3.8, 4) is 0 Å². The molecule has 0 aliphatic carbocycles. The van der Waals surface area contributed by atoms with Gasteiger partial charge >= 0.3 is 0 Å². The molecule has 3 nitrogen and oxygen atoms in total. The Labute approximate surface area is 111 Å². The summed E-state index contributed by atoms with van der Waals surface area (Å²) >= 11 is 0. The van der Waals surface area contributed by atoms with Crippen LogP contribution in [0.4, 0.5) is 14.5 Å². The highest BCUT2D eigenvalue weighted by molar-refractivity contribution is 5.97. The molecule has 1 aromatic carbocycles. The number of hydrogen-bond acceptors (Lipinski definition) is 3. The molecular weight excluding hydrogens is 262 g/mol. The highest BCUT2D eigenvalue weighted by atomic mass is 35.5. The van der Waals surface area contributed by atoms with Crippen molar-refractivity contribution in [2.45, 2.75) is 19.8 Å². The molecule has 0 atom stereocenters. The number of nitrogen functional groups attached to an aromatic ring is 1. The number of unbranched alkanes of at least 4 members (excludes halogenated alkanes) is 1. The number of nitrogens with one attached hydrogen (secondary N) is 1. The summed E-state index contributed by atoms with van der Waals surface area (Å²) in [6, 6.07) is 1.92. The molecule has 0 saturated carbocycles. The van der Waals surface area contributed by atoms with Gasteiger partial charge in [-0.1, -0.05) is 13.3 Å². The van der Waals surface area contributed by atoms with Gasteiger partial charge in [-0.2, -0.15) is 0 Å². The average molecular weight is 279 g/mol. The molecule has 0 aromatic heterocycles. The average Bonchev–Trinajstić information content (AvgIpc) is 2.30. The van der Waals surface area contributed by atoms with E-state index < -0.39 is 17.3 Å². The Bertz CT molecular complexity index is 390. The number of anilines is 1. The smallest absolute Gasteiger partial charge is 0.176 e. The molecule has 0 spiro atoms. The zero-order valence-electron chi connectivity index (χ0n) is 10.1. The van der Waals surface area contributed by atoms with Crippen LogP contribution in [0.3, 0.4) is 0 Å². The lowest BCUT2D eigenvalue weighted by atomic mass is 10.1. The largest absolute Gasteiger partial charge is 0.394 e. The summed E-state index contributed by atoms with van der Waals surface area (Å²) in [6.07, 6.45) is 1.98. The molecule has 0 unspecified atom stereocenters. The number of Topliss-reactive ketones (excluding diaryl/α,β-unsaturated/α-hetero) is 1. The van der Waals surface area contributed by atoms with Gasteiger partial charge in [0.15, 0.2) is 5.78 Å². The van der Waals surface area contributed by atoms with Crippen LogP contribution < -0.4 is 11.1 Å². The van der Waals surface area contributed by atoms with Crippen LogP contribution in [0.2, 0.25) is 0 Å². The van der Waals surface area contributed by atoms with E-state index in [1.54, 1.807) is 0 Å². The predicted molar refractivity (Wildman–Crippen MR) is 70.1 cm³/mol. The number of ketones is 1. The first-order chi connectivity index (χ1) is 8.06. The molecule has 0 aliphatic heterocycles. The van der Waals surface area contributed by atoms with Crippen LogP contribution >= 0.6 is 12.4 Å². The number of rotatable bonds is 6. The summed E-state index contributed by atoms with van der Waals surface area (Å²) in [5.41, 5.74) is 4.56. The van der Waals surface area contributed by atoms with Gasteiger partial charge in [0, 0.05) is 5.56 Å². The third kappa shape index (κ3) is 4.58. The lowest BCUT2D eigenvalue weighted by Gasteiger charge is -2.05. The van der Waals surface area contributed by atoms with Gasteiger partial charge in [-0.05, 0) is 25.1 Å². The van der Waals surface area contributed by atoms with E-state index in [-0.39, 0.29) is 30.3 Å². The van der Waals surface area contributed by atoms with Crippen LogP contribution in [0.15, 0.2) is 12.1 Å². The van der Waals surface area contributed by atoms with Crippen LogP contribution in [-0.4, -0.2) is 18.9 Å². The molecule has 0 amide bonds. The molecule has 1 rings (SSSR count). The van der Waals surface area contributed by atoms with Gasteiger partial charge in [0.2, 0.25) is 0 Å². The second kappa shape index (κ2) is 8.00. The zero-order chi connectivity index (χ0) is 12.8. The lowest BCUT2D eigenvalue weighted by molar-refractivity contribution is 0.0990. The van der Waals surface area contributed by atoms with Crippen LogP contribution in [0.25, 0.3) is 0 Å². The van der Waals surface area contributed by atoms with Crippen molar-refractivity contribution in [2.24, 2.45) is 0 Å². The fraction of sp³-hybridized carbons (Fsp3) is 0.417. The zero-order valence-corrected chi connectivity index (χ0v) is 10.9. The minimum atomic E-state index is -0.901. The van der Waals surface area contributed by atoms with E-state index >= 15 is 0 Å². The van der Waals surface area contributed by atoms with Gasteiger partial charge in [0.25, 0.3) is 0 Å². The first-order valence-electron chi connectivity index (χ1n) is 5.54. The third-order valence-corrected chi connectivity index (χ3v) is 2.39.